The molecule has 1 aromatic carbocycles. The molecule has 2 aromatic heterocycles. The lowest BCUT2D eigenvalue weighted by atomic mass is 9.92. The van der Waals surface area contributed by atoms with Gasteiger partial charge in [-0.05, 0) is 61.6 Å². The number of aliphatic hydroxyl groups is 2. The Bertz CT molecular complexity index is 1210. The van der Waals surface area contributed by atoms with Gasteiger partial charge in [-0.2, -0.15) is 0 Å². The molecule has 0 spiro atoms. The first kappa shape index (κ1) is 27.1. The van der Waals surface area contributed by atoms with E-state index in [1.54, 1.807) is 25.4 Å². The summed E-state index contributed by atoms with van der Waals surface area (Å²) in [6.07, 6.45) is 7.31. The topological polar surface area (TPSA) is 96.7 Å². The van der Waals surface area contributed by atoms with Crippen molar-refractivity contribution in [2.24, 2.45) is 0 Å². The molecule has 37 heavy (non-hydrogen) atoms. The van der Waals surface area contributed by atoms with Gasteiger partial charge in [0.2, 0.25) is 5.88 Å². The van der Waals surface area contributed by atoms with E-state index in [4.69, 9.17) is 9.47 Å². The standard InChI is InChI=1S/C28H33F2N3O4/c1-36-27-11-10-25-28(33-27)18(12-14-32-25)4-6-22-7-9-24(26(37-22)16-21(35)17-34)31-13-2-3-19-15-20(29)5-8-23(19)30/h2-3,5,8,10-12,14-15,21-22,24,26,31,34-35H,4,6-7,9,13,16-17H2,1H3/t21-,22-,24-,26-/m1/s1. The van der Waals surface area contributed by atoms with Gasteiger partial charge in [0, 0.05) is 36.8 Å². The van der Waals surface area contributed by atoms with Crippen molar-refractivity contribution in [3.63, 3.8) is 0 Å². The van der Waals surface area contributed by atoms with Gasteiger partial charge in [0.1, 0.15) is 11.6 Å². The van der Waals surface area contributed by atoms with Crippen LogP contribution in [0.1, 0.15) is 36.8 Å². The zero-order valence-electron chi connectivity index (χ0n) is 20.8. The molecule has 1 fully saturated rings. The van der Waals surface area contributed by atoms with Gasteiger partial charge in [0.25, 0.3) is 0 Å². The molecule has 7 nitrogen and oxygen atoms in total. The average Bonchev–Trinajstić information content (AvgIpc) is 2.92. The van der Waals surface area contributed by atoms with Gasteiger partial charge in [-0.15, -0.1) is 0 Å². The fraction of sp³-hybridized carbons (Fsp3) is 0.429. The van der Waals surface area contributed by atoms with Gasteiger partial charge in [0.15, 0.2) is 0 Å². The summed E-state index contributed by atoms with van der Waals surface area (Å²) in [6.45, 7) is 0.0867. The Hall–Kier alpha value is -2.98. The van der Waals surface area contributed by atoms with Crippen molar-refractivity contribution in [2.45, 2.75) is 56.5 Å². The van der Waals surface area contributed by atoms with Crippen LogP contribution in [0.4, 0.5) is 8.78 Å². The number of aliphatic hydroxyl groups excluding tert-OH is 2. The number of ether oxygens (including phenoxy) is 2. The second-order valence-electron chi connectivity index (χ2n) is 9.26. The number of hydrogen-bond donors (Lipinski definition) is 3. The van der Waals surface area contributed by atoms with E-state index in [-0.39, 0.29) is 30.4 Å². The number of methoxy groups -OCH3 is 1. The van der Waals surface area contributed by atoms with Crippen LogP contribution in [0, 0.1) is 11.6 Å². The van der Waals surface area contributed by atoms with Crippen LogP contribution in [0.25, 0.3) is 17.1 Å². The Morgan fingerprint density at radius 2 is 2.08 bits per heavy atom. The molecule has 3 aromatic rings. The molecule has 9 heteroatoms. The van der Waals surface area contributed by atoms with E-state index in [1.165, 1.54) is 6.08 Å². The highest BCUT2D eigenvalue weighted by Gasteiger charge is 2.32. The average molecular weight is 514 g/mol. The predicted octanol–water partition coefficient (Wildman–Crippen LogP) is 3.81. The molecule has 3 N–H and O–H groups in total. The molecule has 0 radical (unpaired) electrons. The van der Waals surface area contributed by atoms with Crippen molar-refractivity contribution in [1.82, 2.24) is 15.3 Å². The Morgan fingerprint density at radius 1 is 1.22 bits per heavy atom. The van der Waals surface area contributed by atoms with Gasteiger partial charge >= 0.3 is 0 Å². The maximum Gasteiger partial charge on any atom is 0.213 e. The van der Waals surface area contributed by atoms with Gasteiger partial charge in [-0.1, -0.05) is 12.2 Å². The minimum Gasteiger partial charge on any atom is -0.481 e. The maximum absolute atomic E-state index is 13.8. The van der Waals surface area contributed by atoms with E-state index in [1.807, 2.05) is 12.1 Å². The maximum atomic E-state index is 13.8. The van der Waals surface area contributed by atoms with E-state index in [0.717, 1.165) is 60.5 Å². The lowest BCUT2D eigenvalue weighted by Gasteiger charge is -2.38. The van der Waals surface area contributed by atoms with Crippen molar-refractivity contribution in [3.8, 4) is 5.88 Å². The van der Waals surface area contributed by atoms with Crippen molar-refractivity contribution < 1.29 is 28.5 Å². The lowest BCUT2D eigenvalue weighted by Crippen LogP contribution is -2.49. The largest absolute Gasteiger partial charge is 0.481 e. The lowest BCUT2D eigenvalue weighted by molar-refractivity contribution is -0.0917. The third kappa shape index (κ3) is 7.29. The fourth-order valence-electron chi connectivity index (χ4n) is 4.71. The Morgan fingerprint density at radius 3 is 2.89 bits per heavy atom. The minimum absolute atomic E-state index is 0.0142. The summed E-state index contributed by atoms with van der Waals surface area (Å²) in [4.78, 5) is 8.95. The number of nitrogens with one attached hydrogen (secondary N) is 1. The summed E-state index contributed by atoms with van der Waals surface area (Å²) < 4.78 is 38.9. The third-order valence-electron chi connectivity index (χ3n) is 6.67. The number of aryl methyl sites for hydroxylation is 1. The highest BCUT2D eigenvalue weighted by atomic mass is 19.1. The van der Waals surface area contributed by atoms with Crippen LogP contribution in [0.5, 0.6) is 5.88 Å². The first-order valence-electron chi connectivity index (χ1n) is 12.5. The van der Waals surface area contributed by atoms with Crippen LogP contribution < -0.4 is 10.1 Å². The Kier molecular flexibility index (Phi) is 9.51. The summed E-state index contributed by atoms with van der Waals surface area (Å²) in [5.41, 5.74) is 2.87. The number of fused-ring (bicyclic) bond motifs is 1. The minimum atomic E-state index is -0.884. The van der Waals surface area contributed by atoms with Gasteiger partial charge < -0.3 is 25.0 Å². The van der Waals surface area contributed by atoms with Crippen molar-refractivity contribution >= 4 is 17.1 Å². The van der Waals surface area contributed by atoms with Gasteiger partial charge in [0.05, 0.1) is 43.1 Å². The molecule has 198 valence electrons. The summed E-state index contributed by atoms with van der Waals surface area (Å²) in [5, 5.41) is 22.8. The quantitative estimate of drug-likeness (QED) is 0.359. The van der Waals surface area contributed by atoms with E-state index >= 15 is 0 Å². The monoisotopic (exact) mass is 513 g/mol. The highest BCUT2D eigenvalue weighted by molar-refractivity contribution is 5.78. The predicted molar refractivity (Wildman–Crippen MR) is 137 cm³/mol. The van der Waals surface area contributed by atoms with Crippen LogP contribution in [-0.2, 0) is 11.2 Å². The Balaban J connectivity index is 1.36. The molecule has 0 unspecified atom stereocenters. The SMILES string of the molecule is COc1ccc2nccc(CC[C@@H]3CC[C@@H](NCC=Cc4cc(F)ccc4F)[C@@H](C[C@@H](O)CO)O3)c2n1. The summed E-state index contributed by atoms with van der Waals surface area (Å²) >= 11 is 0. The number of rotatable bonds is 11. The van der Waals surface area contributed by atoms with Crippen LogP contribution in [0.15, 0.2) is 48.7 Å². The second-order valence-corrected chi connectivity index (χ2v) is 9.26. The van der Waals surface area contributed by atoms with Gasteiger partial charge in [-0.25, -0.2) is 13.8 Å². The van der Waals surface area contributed by atoms with E-state index < -0.39 is 17.7 Å². The van der Waals surface area contributed by atoms with Crippen LogP contribution >= 0.6 is 0 Å². The number of benzene rings is 1. The molecule has 0 bridgehead atoms. The fourth-order valence-corrected chi connectivity index (χ4v) is 4.71. The Labute approximate surface area is 215 Å². The van der Waals surface area contributed by atoms with E-state index in [2.05, 4.69) is 15.3 Å². The van der Waals surface area contributed by atoms with Crippen LogP contribution in [0.2, 0.25) is 0 Å². The number of halogens is 2. The third-order valence-corrected chi connectivity index (χ3v) is 6.67. The first-order valence-corrected chi connectivity index (χ1v) is 12.5. The highest BCUT2D eigenvalue weighted by Crippen LogP contribution is 2.27. The molecule has 0 saturated carbocycles. The summed E-state index contributed by atoms with van der Waals surface area (Å²) in [5.74, 6) is -0.439. The van der Waals surface area contributed by atoms with Crippen molar-refractivity contribution in [1.29, 1.82) is 0 Å². The smallest absolute Gasteiger partial charge is 0.213 e. The van der Waals surface area contributed by atoms with Crippen LogP contribution in [-0.4, -0.2) is 64.8 Å². The number of pyridine rings is 2. The molecule has 1 aliphatic heterocycles. The molecule has 1 saturated heterocycles. The van der Waals surface area contributed by atoms with Crippen LogP contribution in [0.3, 0.4) is 0 Å². The van der Waals surface area contributed by atoms with Crippen molar-refractivity contribution in [3.05, 3.63) is 71.4 Å². The van der Waals surface area contributed by atoms with E-state index in [9.17, 15) is 19.0 Å². The van der Waals surface area contributed by atoms with Crippen molar-refractivity contribution in [2.75, 3.05) is 20.3 Å². The van der Waals surface area contributed by atoms with Gasteiger partial charge in [-0.3, -0.25) is 4.98 Å². The number of nitrogens with zero attached hydrogens (tertiary/aromatic N) is 2. The normalized spacial score (nSPS) is 20.9. The first-order chi connectivity index (χ1) is 18.0. The molecule has 4 rings (SSSR count). The zero-order valence-corrected chi connectivity index (χ0v) is 20.8. The molecule has 0 amide bonds. The summed E-state index contributed by atoms with van der Waals surface area (Å²) in [7, 11) is 1.58. The molecule has 1 aliphatic rings. The summed E-state index contributed by atoms with van der Waals surface area (Å²) in [6, 6.07) is 8.93. The van der Waals surface area contributed by atoms with E-state index in [0.29, 0.717) is 18.8 Å². The molecular weight excluding hydrogens is 480 g/mol. The molecule has 3 heterocycles. The molecule has 4 atom stereocenters. The number of aromatic nitrogens is 2. The number of hydrogen-bond acceptors (Lipinski definition) is 7. The second kappa shape index (κ2) is 13.0. The zero-order chi connectivity index (χ0) is 26.2. The molecular formula is C28H33F2N3O4. The molecule has 0 aliphatic carbocycles.